The fraction of sp³-hybridized carbons (Fsp3) is 0.150. The molecular formula is C20H18ClFN6O3S. The molecule has 0 saturated carbocycles. The van der Waals surface area contributed by atoms with Crippen molar-refractivity contribution in [2.45, 2.75) is 11.8 Å². The van der Waals surface area contributed by atoms with Gasteiger partial charge in [-0.2, -0.15) is 10.2 Å². The number of aromatic nitrogens is 4. The number of fused-ring (bicyclic) bond motifs is 1. The van der Waals surface area contributed by atoms with E-state index in [1.807, 2.05) is 0 Å². The van der Waals surface area contributed by atoms with Crippen molar-refractivity contribution in [2.75, 3.05) is 10.0 Å². The third kappa shape index (κ3) is 4.04. The second-order valence-corrected chi connectivity index (χ2v) is 9.20. The maximum absolute atomic E-state index is 13.4. The zero-order valence-electron chi connectivity index (χ0n) is 17.2. The van der Waals surface area contributed by atoms with Gasteiger partial charge in [0.15, 0.2) is 0 Å². The van der Waals surface area contributed by atoms with Crippen LogP contribution in [0.1, 0.15) is 16.2 Å². The molecule has 12 heteroatoms. The Hall–Kier alpha value is -3.44. The first-order valence-electron chi connectivity index (χ1n) is 9.31. The molecule has 0 spiro atoms. The Bertz CT molecular complexity index is 1480. The van der Waals surface area contributed by atoms with Gasteiger partial charge in [-0.3, -0.25) is 18.9 Å². The van der Waals surface area contributed by atoms with Crippen LogP contribution in [-0.2, 0) is 24.1 Å². The first-order chi connectivity index (χ1) is 15.0. The molecule has 0 unspecified atom stereocenters. The van der Waals surface area contributed by atoms with Crippen molar-refractivity contribution in [3.05, 3.63) is 64.8 Å². The smallest absolute Gasteiger partial charge is 0.274 e. The molecule has 2 aromatic carbocycles. The number of anilines is 2. The summed E-state index contributed by atoms with van der Waals surface area (Å²) in [6, 6.07) is 8.53. The molecule has 9 nitrogen and oxygen atoms in total. The number of nitrogens with one attached hydrogen (secondary N) is 2. The maximum atomic E-state index is 13.4. The van der Waals surface area contributed by atoms with Gasteiger partial charge in [-0.25, -0.2) is 12.8 Å². The first kappa shape index (κ1) is 21.8. The molecule has 0 radical (unpaired) electrons. The molecule has 4 aromatic rings. The second kappa shape index (κ2) is 7.92. The SMILES string of the molecule is Cc1nn(C)cc1S(=O)(=O)Nc1ccc2c(C(=O)Nc3ccc(F)c(Cl)c3)n(C)nc2c1. The highest BCUT2D eigenvalue weighted by Crippen LogP contribution is 2.26. The van der Waals surface area contributed by atoms with Crippen LogP contribution < -0.4 is 10.0 Å². The highest BCUT2D eigenvalue weighted by atomic mass is 35.5. The van der Waals surface area contributed by atoms with E-state index in [1.54, 1.807) is 33.2 Å². The summed E-state index contributed by atoms with van der Waals surface area (Å²) in [4.78, 5) is 12.9. The average molecular weight is 477 g/mol. The number of hydrogen-bond donors (Lipinski definition) is 2. The van der Waals surface area contributed by atoms with E-state index < -0.39 is 21.7 Å². The van der Waals surface area contributed by atoms with Gasteiger partial charge in [-0.15, -0.1) is 0 Å². The van der Waals surface area contributed by atoms with Crippen molar-refractivity contribution in [3.8, 4) is 0 Å². The lowest BCUT2D eigenvalue weighted by Gasteiger charge is -2.08. The van der Waals surface area contributed by atoms with Crippen molar-refractivity contribution in [1.82, 2.24) is 19.6 Å². The number of rotatable bonds is 5. The van der Waals surface area contributed by atoms with Gasteiger partial charge in [0.25, 0.3) is 15.9 Å². The zero-order valence-corrected chi connectivity index (χ0v) is 18.8. The molecule has 166 valence electrons. The Morgan fingerprint density at radius 2 is 1.81 bits per heavy atom. The lowest BCUT2D eigenvalue weighted by molar-refractivity contribution is 0.101. The molecule has 4 rings (SSSR count). The van der Waals surface area contributed by atoms with Gasteiger partial charge < -0.3 is 5.32 Å². The summed E-state index contributed by atoms with van der Waals surface area (Å²) in [6.45, 7) is 1.61. The number of carbonyl (C=O) groups is 1. The normalized spacial score (nSPS) is 11.7. The third-order valence-electron chi connectivity index (χ3n) is 4.74. The van der Waals surface area contributed by atoms with Crippen LogP contribution in [0.5, 0.6) is 0 Å². The number of nitrogens with zero attached hydrogens (tertiary/aromatic N) is 4. The van der Waals surface area contributed by atoms with E-state index in [2.05, 4.69) is 20.2 Å². The molecule has 0 bridgehead atoms. The zero-order chi connectivity index (χ0) is 23.2. The van der Waals surface area contributed by atoms with E-state index in [0.717, 1.165) is 6.07 Å². The van der Waals surface area contributed by atoms with E-state index >= 15 is 0 Å². The molecule has 0 fully saturated rings. The summed E-state index contributed by atoms with van der Waals surface area (Å²) in [7, 11) is -0.620. The molecule has 0 saturated heterocycles. The van der Waals surface area contributed by atoms with Crippen molar-refractivity contribution >= 4 is 49.8 Å². The molecular weight excluding hydrogens is 459 g/mol. The molecule has 2 N–H and O–H groups in total. The molecule has 1 amide bonds. The molecule has 0 aliphatic carbocycles. The molecule has 32 heavy (non-hydrogen) atoms. The van der Waals surface area contributed by atoms with Crippen LogP contribution in [0, 0.1) is 12.7 Å². The van der Waals surface area contributed by atoms with Gasteiger partial charge in [0.1, 0.15) is 16.4 Å². The minimum absolute atomic E-state index is 0.0687. The predicted molar refractivity (Wildman–Crippen MR) is 119 cm³/mol. The Labute approximate surface area is 187 Å². The standard InChI is InChI=1S/C20H18ClFN6O3S/c1-11-18(10-27(2)24-11)32(30,31)26-13-4-6-14-17(9-13)25-28(3)19(14)20(29)23-12-5-7-16(22)15(21)8-12/h4-10,26H,1-3H3,(H,23,29). The molecule has 0 aliphatic heterocycles. The highest BCUT2D eigenvalue weighted by Gasteiger charge is 2.22. The summed E-state index contributed by atoms with van der Waals surface area (Å²) >= 11 is 5.77. The van der Waals surface area contributed by atoms with Crippen molar-refractivity contribution in [2.24, 2.45) is 14.1 Å². The van der Waals surface area contributed by atoms with Crippen molar-refractivity contribution in [1.29, 1.82) is 0 Å². The Kier molecular flexibility index (Phi) is 5.39. The summed E-state index contributed by atoms with van der Waals surface area (Å²) in [5, 5.41) is 11.4. The molecule has 0 atom stereocenters. The van der Waals surface area contributed by atoms with Gasteiger partial charge in [0, 0.05) is 31.4 Å². The lowest BCUT2D eigenvalue weighted by Crippen LogP contribution is -2.16. The topological polar surface area (TPSA) is 111 Å². The van der Waals surface area contributed by atoms with Crippen LogP contribution in [-0.4, -0.2) is 33.9 Å². The third-order valence-corrected chi connectivity index (χ3v) is 6.51. The quantitative estimate of drug-likeness (QED) is 0.458. The largest absolute Gasteiger partial charge is 0.321 e. The van der Waals surface area contributed by atoms with E-state index in [-0.39, 0.29) is 21.3 Å². The summed E-state index contributed by atoms with van der Waals surface area (Å²) in [5.41, 5.74) is 1.65. The van der Waals surface area contributed by atoms with E-state index in [1.165, 1.54) is 33.8 Å². The molecule has 2 heterocycles. The number of halogens is 2. The van der Waals surface area contributed by atoms with Gasteiger partial charge in [-0.1, -0.05) is 11.6 Å². The average Bonchev–Trinajstić information content (AvgIpc) is 3.22. The number of sulfonamides is 1. The molecule has 2 aromatic heterocycles. The van der Waals surface area contributed by atoms with Crippen LogP contribution in [0.15, 0.2) is 47.5 Å². The van der Waals surface area contributed by atoms with E-state index in [9.17, 15) is 17.6 Å². The number of aryl methyl sites for hydroxylation is 3. The lowest BCUT2D eigenvalue weighted by atomic mass is 10.2. The minimum atomic E-state index is -3.85. The van der Waals surface area contributed by atoms with Crippen LogP contribution in [0.3, 0.4) is 0 Å². The fourth-order valence-corrected chi connectivity index (χ4v) is 4.80. The van der Waals surface area contributed by atoms with Crippen LogP contribution >= 0.6 is 11.6 Å². The monoisotopic (exact) mass is 476 g/mol. The Balaban J connectivity index is 1.63. The van der Waals surface area contributed by atoms with Crippen molar-refractivity contribution < 1.29 is 17.6 Å². The van der Waals surface area contributed by atoms with Crippen molar-refractivity contribution in [3.63, 3.8) is 0 Å². The number of benzene rings is 2. The van der Waals surface area contributed by atoms with Crippen LogP contribution in [0.4, 0.5) is 15.8 Å². The highest BCUT2D eigenvalue weighted by molar-refractivity contribution is 7.92. The maximum Gasteiger partial charge on any atom is 0.274 e. The van der Waals surface area contributed by atoms with Crippen LogP contribution in [0.25, 0.3) is 10.9 Å². The predicted octanol–water partition coefficient (Wildman–Crippen LogP) is 3.46. The summed E-state index contributed by atoms with van der Waals surface area (Å²) < 4.78 is 44.1. The fourth-order valence-electron chi connectivity index (χ4n) is 3.35. The Morgan fingerprint density at radius 1 is 1.09 bits per heavy atom. The second-order valence-electron chi connectivity index (χ2n) is 7.15. The summed E-state index contributed by atoms with van der Waals surface area (Å²) in [6.07, 6.45) is 1.42. The van der Waals surface area contributed by atoms with E-state index in [0.29, 0.717) is 22.3 Å². The number of amides is 1. The molecule has 0 aliphatic rings. The summed E-state index contributed by atoms with van der Waals surface area (Å²) in [5.74, 6) is -1.07. The number of carbonyl (C=O) groups excluding carboxylic acids is 1. The van der Waals surface area contributed by atoms with Gasteiger partial charge in [-0.05, 0) is 43.3 Å². The van der Waals surface area contributed by atoms with E-state index in [4.69, 9.17) is 11.6 Å². The van der Waals surface area contributed by atoms with Gasteiger partial charge >= 0.3 is 0 Å². The number of hydrogen-bond acceptors (Lipinski definition) is 5. The first-order valence-corrected chi connectivity index (χ1v) is 11.2. The van der Waals surface area contributed by atoms with Gasteiger partial charge in [0.05, 0.1) is 21.9 Å². The van der Waals surface area contributed by atoms with Gasteiger partial charge in [0.2, 0.25) is 0 Å². The van der Waals surface area contributed by atoms with Crippen LogP contribution in [0.2, 0.25) is 5.02 Å². The Morgan fingerprint density at radius 3 is 2.47 bits per heavy atom. The minimum Gasteiger partial charge on any atom is -0.321 e.